The standard InChI is InChI=1S/C37H36F6N4O4/c1-6-8-23-16-27(39)34(35(40)33(23)32-21(4)14-25(38)15-22(32)5)28(18-31(49)50)45-36(51)29(13-20(2)3)47-19-24(9-12-46-11-7-10-44-46)26(17-30(47)48)37(41,42)43/h7,10-11,14-17,19-20,28-29H,9,12-13,18H2,1-5H3,(H,45,51)(H,49,50)/t28-,29+/m0/s1. The highest BCUT2D eigenvalue weighted by molar-refractivity contribution is 5.83. The van der Waals surface area contributed by atoms with Gasteiger partial charge in [-0.15, -0.1) is 5.92 Å². The third-order valence-corrected chi connectivity index (χ3v) is 8.28. The van der Waals surface area contributed by atoms with Gasteiger partial charge in [0.2, 0.25) is 5.91 Å². The first-order chi connectivity index (χ1) is 23.9. The fraction of sp³-hybridized carbons (Fsp3) is 0.351. The highest BCUT2D eigenvalue weighted by Crippen LogP contribution is 2.38. The highest BCUT2D eigenvalue weighted by atomic mass is 19.4. The lowest BCUT2D eigenvalue weighted by molar-refractivity contribution is -0.139. The van der Waals surface area contributed by atoms with Gasteiger partial charge in [0.1, 0.15) is 23.5 Å². The molecule has 0 unspecified atom stereocenters. The fourth-order valence-electron chi connectivity index (χ4n) is 6.16. The number of carboxylic acids is 1. The van der Waals surface area contributed by atoms with Crippen LogP contribution < -0.4 is 10.9 Å². The Balaban J connectivity index is 1.86. The van der Waals surface area contributed by atoms with Crippen molar-refractivity contribution in [2.75, 3.05) is 0 Å². The molecule has 270 valence electrons. The van der Waals surface area contributed by atoms with Crippen molar-refractivity contribution in [3.05, 3.63) is 110 Å². The van der Waals surface area contributed by atoms with Crippen molar-refractivity contribution >= 4 is 11.9 Å². The van der Waals surface area contributed by atoms with Crippen molar-refractivity contribution in [3.8, 4) is 23.0 Å². The highest BCUT2D eigenvalue weighted by Gasteiger charge is 2.36. The Hall–Kier alpha value is -5.32. The molecule has 0 saturated carbocycles. The largest absolute Gasteiger partial charge is 0.481 e. The van der Waals surface area contributed by atoms with Crippen LogP contribution in [0.1, 0.15) is 79.1 Å². The first kappa shape index (κ1) is 38.5. The van der Waals surface area contributed by atoms with Gasteiger partial charge >= 0.3 is 12.1 Å². The monoisotopic (exact) mass is 714 g/mol. The zero-order valence-corrected chi connectivity index (χ0v) is 28.5. The molecule has 0 spiro atoms. The number of nitrogens with zero attached hydrogens (tertiary/aromatic N) is 3. The van der Waals surface area contributed by atoms with E-state index in [1.807, 2.05) is 0 Å². The average Bonchev–Trinajstić information content (AvgIpc) is 3.53. The molecular formula is C37H36F6N4O4. The van der Waals surface area contributed by atoms with Crippen LogP contribution in [0.4, 0.5) is 26.3 Å². The summed E-state index contributed by atoms with van der Waals surface area (Å²) in [5.74, 6) is -0.792. The summed E-state index contributed by atoms with van der Waals surface area (Å²) in [6.45, 7) is 7.85. The number of carbonyl (C=O) groups is 2. The predicted molar refractivity (Wildman–Crippen MR) is 177 cm³/mol. The molecule has 0 aliphatic rings. The number of amides is 1. The van der Waals surface area contributed by atoms with Crippen LogP contribution in [0.3, 0.4) is 0 Å². The van der Waals surface area contributed by atoms with Crippen molar-refractivity contribution in [1.82, 2.24) is 19.7 Å². The number of aromatic nitrogens is 3. The second-order valence-corrected chi connectivity index (χ2v) is 12.6. The molecule has 0 saturated heterocycles. The van der Waals surface area contributed by atoms with E-state index in [0.717, 1.165) is 29.0 Å². The quantitative estimate of drug-likeness (QED) is 0.118. The van der Waals surface area contributed by atoms with Crippen LogP contribution in [0.15, 0.2) is 53.7 Å². The molecule has 2 aromatic heterocycles. The van der Waals surface area contributed by atoms with E-state index in [2.05, 4.69) is 22.3 Å². The number of pyridine rings is 1. The second-order valence-electron chi connectivity index (χ2n) is 12.6. The molecule has 0 radical (unpaired) electrons. The van der Waals surface area contributed by atoms with Crippen LogP contribution >= 0.6 is 0 Å². The van der Waals surface area contributed by atoms with E-state index in [4.69, 9.17) is 0 Å². The maximum Gasteiger partial charge on any atom is 0.416 e. The Morgan fingerprint density at radius 3 is 2.25 bits per heavy atom. The molecule has 8 nitrogen and oxygen atoms in total. The summed E-state index contributed by atoms with van der Waals surface area (Å²) < 4.78 is 91.2. The first-order valence-corrected chi connectivity index (χ1v) is 16.0. The zero-order valence-electron chi connectivity index (χ0n) is 28.5. The van der Waals surface area contributed by atoms with Gasteiger partial charge < -0.3 is 15.0 Å². The lowest BCUT2D eigenvalue weighted by Gasteiger charge is -2.27. The van der Waals surface area contributed by atoms with Crippen LogP contribution in [0.25, 0.3) is 11.1 Å². The van der Waals surface area contributed by atoms with Crippen molar-refractivity contribution < 1.29 is 41.0 Å². The topological polar surface area (TPSA) is 106 Å². The number of benzene rings is 2. The van der Waals surface area contributed by atoms with E-state index in [1.165, 1.54) is 31.6 Å². The molecular weight excluding hydrogens is 678 g/mol. The minimum atomic E-state index is -4.90. The minimum Gasteiger partial charge on any atom is -0.481 e. The molecule has 51 heavy (non-hydrogen) atoms. The number of aryl methyl sites for hydroxylation is 4. The van der Waals surface area contributed by atoms with Crippen LogP contribution in [0.5, 0.6) is 0 Å². The Bertz CT molecular complexity index is 2040. The Morgan fingerprint density at radius 2 is 1.71 bits per heavy atom. The summed E-state index contributed by atoms with van der Waals surface area (Å²) in [5, 5.41) is 16.1. The SMILES string of the molecule is CC#Cc1cc(F)c([C@H](CC(=O)O)NC(=O)[C@@H](CC(C)C)n2cc(CCn3cccn3)c(C(F)(F)F)cc2=O)c(F)c1-c1c(C)cc(F)cc1C. The Morgan fingerprint density at radius 1 is 1.04 bits per heavy atom. The van der Waals surface area contributed by atoms with Gasteiger partial charge in [-0.2, -0.15) is 18.3 Å². The lowest BCUT2D eigenvalue weighted by Crippen LogP contribution is -2.41. The lowest BCUT2D eigenvalue weighted by atomic mass is 9.88. The Kier molecular flexibility index (Phi) is 11.8. The van der Waals surface area contributed by atoms with E-state index < -0.39 is 70.7 Å². The molecule has 14 heteroatoms. The fourth-order valence-corrected chi connectivity index (χ4v) is 6.16. The third kappa shape index (κ3) is 8.89. The van der Waals surface area contributed by atoms with E-state index in [0.29, 0.717) is 6.07 Å². The summed E-state index contributed by atoms with van der Waals surface area (Å²) in [6.07, 6.45) is -2.31. The summed E-state index contributed by atoms with van der Waals surface area (Å²) in [5.41, 5.74) is -3.08. The molecule has 2 N–H and O–H groups in total. The number of rotatable bonds is 12. The number of alkyl halides is 3. The van der Waals surface area contributed by atoms with Crippen LogP contribution in [-0.2, 0) is 28.7 Å². The molecule has 0 bridgehead atoms. The van der Waals surface area contributed by atoms with Gasteiger partial charge in [-0.05, 0) is 86.1 Å². The molecule has 4 rings (SSSR count). The van der Waals surface area contributed by atoms with Gasteiger partial charge in [-0.1, -0.05) is 19.8 Å². The third-order valence-electron chi connectivity index (χ3n) is 8.28. The van der Waals surface area contributed by atoms with Gasteiger partial charge in [-0.25, -0.2) is 13.2 Å². The van der Waals surface area contributed by atoms with Crippen LogP contribution in [-0.4, -0.2) is 31.3 Å². The smallest absolute Gasteiger partial charge is 0.416 e. The van der Waals surface area contributed by atoms with Crippen LogP contribution in [0.2, 0.25) is 0 Å². The second kappa shape index (κ2) is 15.7. The molecule has 2 atom stereocenters. The first-order valence-electron chi connectivity index (χ1n) is 16.0. The molecule has 4 aromatic rings. The van der Waals surface area contributed by atoms with Gasteiger partial charge in [0.15, 0.2) is 0 Å². The molecule has 0 aliphatic carbocycles. The number of hydrogen-bond acceptors (Lipinski definition) is 4. The number of hydrogen-bond donors (Lipinski definition) is 2. The van der Waals surface area contributed by atoms with E-state index in [9.17, 15) is 37.1 Å². The summed E-state index contributed by atoms with van der Waals surface area (Å²) in [4.78, 5) is 39.3. The maximum absolute atomic E-state index is 16.7. The molecule has 2 heterocycles. The number of aliphatic carboxylic acids is 1. The predicted octanol–water partition coefficient (Wildman–Crippen LogP) is 7.30. The van der Waals surface area contributed by atoms with Crippen molar-refractivity contribution in [1.29, 1.82) is 0 Å². The van der Waals surface area contributed by atoms with Crippen molar-refractivity contribution in [2.45, 2.75) is 78.7 Å². The maximum atomic E-state index is 16.7. The molecule has 0 aliphatic heterocycles. The molecule has 1 amide bonds. The van der Waals surface area contributed by atoms with Gasteiger partial charge in [0.05, 0.1) is 18.0 Å². The average molecular weight is 715 g/mol. The molecule has 2 aromatic carbocycles. The van der Waals surface area contributed by atoms with Gasteiger partial charge in [0.25, 0.3) is 5.56 Å². The van der Waals surface area contributed by atoms with E-state index in [-0.39, 0.29) is 58.7 Å². The number of nitrogens with one attached hydrogen (secondary N) is 1. The van der Waals surface area contributed by atoms with Crippen molar-refractivity contribution in [3.63, 3.8) is 0 Å². The molecule has 0 fully saturated rings. The van der Waals surface area contributed by atoms with Gasteiger partial charge in [-0.3, -0.25) is 19.1 Å². The summed E-state index contributed by atoms with van der Waals surface area (Å²) in [7, 11) is 0. The number of carboxylic acid groups (broad SMARTS) is 1. The summed E-state index contributed by atoms with van der Waals surface area (Å²) in [6, 6.07) is 1.81. The normalized spacial score (nSPS) is 12.7. The van der Waals surface area contributed by atoms with Gasteiger partial charge in [0, 0.05) is 47.9 Å². The van der Waals surface area contributed by atoms with E-state index >= 15 is 8.78 Å². The van der Waals surface area contributed by atoms with E-state index in [1.54, 1.807) is 26.1 Å². The Labute approximate surface area is 290 Å². The number of halogens is 6. The minimum absolute atomic E-state index is 0.0162. The zero-order chi connectivity index (χ0) is 37.8. The van der Waals surface area contributed by atoms with Crippen LogP contribution in [0, 0.1) is 49.1 Å². The van der Waals surface area contributed by atoms with Crippen molar-refractivity contribution in [2.24, 2.45) is 5.92 Å². The summed E-state index contributed by atoms with van der Waals surface area (Å²) >= 11 is 0. The number of carbonyl (C=O) groups excluding carboxylic acids is 1.